The van der Waals surface area contributed by atoms with Crippen LogP contribution in [0.2, 0.25) is 0 Å². The summed E-state index contributed by atoms with van der Waals surface area (Å²) >= 11 is 0. The molecule has 1 rings (SSSR count). The summed E-state index contributed by atoms with van der Waals surface area (Å²) in [5, 5.41) is 11.4. The van der Waals surface area contributed by atoms with Crippen molar-refractivity contribution in [1.29, 1.82) is 0 Å². The van der Waals surface area contributed by atoms with E-state index in [1.165, 1.54) is 0 Å². The van der Waals surface area contributed by atoms with Gasteiger partial charge in [0.05, 0.1) is 11.3 Å². The van der Waals surface area contributed by atoms with Gasteiger partial charge in [-0.05, 0) is 24.0 Å². The minimum Gasteiger partial charge on any atom is -0.396 e. The fourth-order valence-electron chi connectivity index (χ4n) is 1.58. The van der Waals surface area contributed by atoms with Crippen LogP contribution < -0.4 is 11.1 Å². The Morgan fingerprint density at radius 3 is 2.63 bits per heavy atom. The molecular weight excluding hydrogens is 254 g/mol. The monoisotopic (exact) mass is 272 g/mol. The van der Waals surface area contributed by atoms with Crippen molar-refractivity contribution in [3.05, 3.63) is 29.3 Å². The lowest BCUT2D eigenvalue weighted by Crippen LogP contribution is -2.35. The Hall–Kier alpha value is -1.69. The van der Waals surface area contributed by atoms with Crippen molar-refractivity contribution < 1.29 is 18.7 Å². The summed E-state index contributed by atoms with van der Waals surface area (Å²) in [6, 6.07) is 1.63. The van der Waals surface area contributed by atoms with Gasteiger partial charge in [-0.2, -0.15) is 0 Å². The van der Waals surface area contributed by atoms with Crippen molar-refractivity contribution in [2.24, 2.45) is 5.41 Å². The molecule has 0 saturated carbocycles. The number of hydrogen-bond acceptors (Lipinski definition) is 3. The molecule has 106 valence electrons. The predicted molar refractivity (Wildman–Crippen MR) is 68.6 cm³/mol. The third kappa shape index (κ3) is 4.17. The predicted octanol–water partition coefficient (Wildman–Crippen LogP) is 1.69. The van der Waals surface area contributed by atoms with Gasteiger partial charge in [0.15, 0.2) is 5.82 Å². The number of aliphatic hydroxyl groups is 1. The van der Waals surface area contributed by atoms with Gasteiger partial charge in [0.25, 0.3) is 5.91 Å². The van der Waals surface area contributed by atoms with Crippen LogP contribution in [0.5, 0.6) is 0 Å². The van der Waals surface area contributed by atoms with Crippen molar-refractivity contribution in [3.8, 4) is 0 Å². The fourth-order valence-corrected chi connectivity index (χ4v) is 1.58. The summed E-state index contributed by atoms with van der Waals surface area (Å²) in [6.45, 7) is 3.92. The Morgan fingerprint density at radius 2 is 2.05 bits per heavy atom. The second kappa shape index (κ2) is 5.97. The van der Waals surface area contributed by atoms with Crippen LogP contribution in [-0.4, -0.2) is 24.2 Å². The first-order valence-electron chi connectivity index (χ1n) is 5.90. The number of amides is 1. The normalized spacial score (nSPS) is 11.4. The van der Waals surface area contributed by atoms with Gasteiger partial charge in [0.1, 0.15) is 5.82 Å². The Kier molecular flexibility index (Phi) is 4.83. The van der Waals surface area contributed by atoms with Crippen LogP contribution in [0.15, 0.2) is 12.1 Å². The number of anilines is 1. The third-order valence-electron chi connectivity index (χ3n) is 2.83. The molecule has 1 aromatic carbocycles. The quantitative estimate of drug-likeness (QED) is 0.714. The van der Waals surface area contributed by atoms with Crippen LogP contribution in [0.4, 0.5) is 14.5 Å². The summed E-state index contributed by atoms with van der Waals surface area (Å²) in [6.07, 6.45) is 0.487. The molecule has 0 spiro atoms. The van der Waals surface area contributed by atoms with Gasteiger partial charge < -0.3 is 16.2 Å². The summed E-state index contributed by atoms with van der Waals surface area (Å²) in [5.74, 6) is -2.42. The number of carbonyl (C=O) groups excluding carboxylic acids is 1. The highest BCUT2D eigenvalue weighted by atomic mass is 19.1. The summed E-state index contributed by atoms with van der Waals surface area (Å²) in [7, 11) is 0. The molecule has 0 aliphatic rings. The topological polar surface area (TPSA) is 75.3 Å². The van der Waals surface area contributed by atoms with Crippen molar-refractivity contribution in [2.45, 2.75) is 20.3 Å². The highest BCUT2D eigenvalue weighted by molar-refractivity contribution is 5.95. The molecule has 0 heterocycles. The number of nitrogen functional groups attached to an aromatic ring is 1. The Balaban J connectivity index is 2.80. The molecule has 0 radical (unpaired) electrons. The molecule has 19 heavy (non-hydrogen) atoms. The summed E-state index contributed by atoms with van der Waals surface area (Å²) in [5.41, 5.74) is 4.11. The molecule has 0 aromatic heterocycles. The van der Waals surface area contributed by atoms with Crippen LogP contribution in [0.25, 0.3) is 0 Å². The summed E-state index contributed by atoms with van der Waals surface area (Å²) in [4.78, 5) is 11.8. The number of nitrogens with one attached hydrogen (secondary N) is 1. The molecule has 0 unspecified atom stereocenters. The first-order chi connectivity index (χ1) is 8.76. The zero-order chi connectivity index (χ0) is 14.6. The number of halogens is 2. The highest BCUT2D eigenvalue weighted by Gasteiger charge is 2.21. The molecule has 4 N–H and O–H groups in total. The standard InChI is InChI=1S/C13H18F2N2O2/c1-13(2,3-4-18)7-17-12(19)9-5-8(14)6-10(16)11(9)15/h5-6,18H,3-4,7,16H2,1-2H3,(H,17,19). The van der Waals surface area contributed by atoms with Crippen LogP contribution in [-0.2, 0) is 0 Å². The van der Waals surface area contributed by atoms with Gasteiger partial charge in [-0.25, -0.2) is 8.78 Å². The van der Waals surface area contributed by atoms with E-state index < -0.39 is 28.8 Å². The zero-order valence-electron chi connectivity index (χ0n) is 11.0. The third-order valence-corrected chi connectivity index (χ3v) is 2.83. The van der Waals surface area contributed by atoms with Crippen LogP contribution in [0.1, 0.15) is 30.6 Å². The lowest BCUT2D eigenvalue weighted by molar-refractivity contribution is 0.0923. The average Bonchev–Trinajstić information content (AvgIpc) is 2.31. The van der Waals surface area contributed by atoms with Crippen molar-refractivity contribution >= 4 is 11.6 Å². The van der Waals surface area contributed by atoms with E-state index >= 15 is 0 Å². The number of nitrogens with two attached hydrogens (primary N) is 1. The summed E-state index contributed by atoms with van der Waals surface area (Å²) < 4.78 is 26.7. The van der Waals surface area contributed by atoms with Crippen molar-refractivity contribution in [3.63, 3.8) is 0 Å². The van der Waals surface area contributed by atoms with Crippen LogP contribution in [0.3, 0.4) is 0 Å². The smallest absolute Gasteiger partial charge is 0.254 e. The van der Waals surface area contributed by atoms with Gasteiger partial charge in [-0.1, -0.05) is 13.8 Å². The molecule has 4 nitrogen and oxygen atoms in total. The van der Waals surface area contributed by atoms with Gasteiger partial charge in [-0.15, -0.1) is 0 Å². The average molecular weight is 272 g/mol. The second-order valence-electron chi connectivity index (χ2n) is 5.18. The van der Waals surface area contributed by atoms with E-state index in [4.69, 9.17) is 10.8 Å². The first-order valence-corrected chi connectivity index (χ1v) is 5.90. The molecule has 1 amide bonds. The van der Waals surface area contributed by atoms with E-state index in [1.54, 1.807) is 0 Å². The molecule has 1 aromatic rings. The minimum atomic E-state index is -0.932. The SMILES string of the molecule is CC(C)(CCO)CNC(=O)c1cc(F)cc(N)c1F. The zero-order valence-corrected chi connectivity index (χ0v) is 11.0. The Labute approximate surface area is 110 Å². The fraction of sp³-hybridized carbons (Fsp3) is 0.462. The molecule has 0 aliphatic heterocycles. The molecule has 0 fully saturated rings. The van der Waals surface area contributed by atoms with Gasteiger partial charge >= 0.3 is 0 Å². The van der Waals surface area contributed by atoms with E-state index in [0.717, 1.165) is 12.1 Å². The molecule has 0 aliphatic carbocycles. The molecular formula is C13H18F2N2O2. The van der Waals surface area contributed by atoms with Crippen LogP contribution >= 0.6 is 0 Å². The number of carbonyl (C=O) groups is 1. The van der Waals surface area contributed by atoms with Gasteiger partial charge in [0.2, 0.25) is 0 Å². The number of aliphatic hydroxyl groups excluding tert-OH is 1. The van der Waals surface area contributed by atoms with Gasteiger partial charge in [-0.3, -0.25) is 4.79 Å². The van der Waals surface area contributed by atoms with Crippen LogP contribution in [0, 0.1) is 17.0 Å². The molecule has 6 heteroatoms. The lowest BCUT2D eigenvalue weighted by atomic mass is 9.89. The van der Waals surface area contributed by atoms with E-state index in [2.05, 4.69) is 5.32 Å². The lowest BCUT2D eigenvalue weighted by Gasteiger charge is -2.23. The maximum atomic E-state index is 13.6. The minimum absolute atomic E-state index is 0.00978. The molecule has 0 atom stereocenters. The number of hydrogen-bond donors (Lipinski definition) is 3. The molecule has 0 saturated heterocycles. The maximum absolute atomic E-state index is 13.6. The second-order valence-corrected chi connectivity index (χ2v) is 5.18. The van der Waals surface area contributed by atoms with Gasteiger partial charge in [0, 0.05) is 13.2 Å². The number of benzene rings is 1. The highest BCUT2D eigenvalue weighted by Crippen LogP contribution is 2.20. The Bertz CT molecular complexity index is 476. The van der Waals surface area contributed by atoms with E-state index in [0.29, 0.717) is 6.42 Å². The first kappa shape index (κ1) is 15.4. The largest absolute Gasteiger partial charge is 0.396 e. The van der Waals surface area contributed by atoms with Crippen molar-refractivity contribution in [2.75, 3.05) is 18.9 Å². The van der Waals surface area contributed by atoms with E-state index in [-0.39, 0.29) is 18.6 Å². The van der Waals surface area contributed by atoms with E-state index in [1.807, 2.05) is 13.8 Å². The van der Waals surface area contributed by atoms with Crippen molar-refractivity contribution in [1.82, 2.24) is 5.32 Å². The van der Waals surface area contributed by atoms with E-state index in [9.17, 15) is 13.6 Å². The maximum Gasteiger partial charge on any atom is 0.254 e. The Morgan fingerprint density at radius 1 is 1.42 bits per heavy atom. The number of rotatable bonds is 5. The molecule has 0 bridgehead atoms.